The van der Waals surface area contributed by atoms with E-state index >= 15 is 0 Å². The lowest BCUT2D eigenvalue weighted by Crippen LogP contribution is -2.40. The third kappa shape index (κ3) is 2.41. The van der Waals surface area contributed by atoms with Gasteiger partial charge in [-0.3, -0.25) is 0 Å². The van der Waals surface area contributed by atoms with E-state index in [1.54, 1.807) is 0 Å². The van der Waals surface area contributed by atoms with Crippen LogP contribution in [-0.4, -0.2) is 17.6 Å². The number of aliphatic hydroxyl groups is 1. The third-order valence-electron chi connectivity index (χ3n) is 0.280. The fourth-order valence-corrected chi connectivity index (χ4v) is 0. The highest BCUT2D eigenvalue weighted by Gasteiger charge is 2.29. The number of rotatable bonds is 0. The van der Waals surface area contributed by atoms with Crippen molar-refractivity contribution in [1.29, 1.82) is 0 Å². The molecule has 0 aliphatic heterocycles. The topological polar surface area (TPSA) is 43.3 Å². The van der Waals surface area contributed by atoms with Gasteiger partial charge in [0.15, 0.2) is 0 Å². The first-order chi connectivity index (χ1) is 2.94. The van der Waals surface area contributed by atoms with Gasteiger partial charge in [-0.15, -0.1) is 0 Å². The van der Waals surface area contributed by atoms with Gasteiger partial charge in [0, 0.05) is 0 Å². The highest BCUT2D eigenvalue weighted by Crippen LogP contribution is 2.15. The number of halogens is 3. The average molecular weight is 115 g/mol. The Kier molecular flexibility index (Phi) is 1.60. The van der Waals surface area contributed by atoms with Crippen molar-refractivity contribution in [3.63, 3.8) is 0 Å². The fourth-order valence-electron chi connectivity index (χ4n) is 0. The zero-order valence-corrected chi connectivity index (χ0v) is 3.07. The number of aliphatic hydroxyl groups excluding tert-OH is 1. The fraction of sp³-hybridized carbons (Fsp3) is 1.00. The molecule has 1 atom stereocenters. The molecule has 5 heteroatoms. The number of alkyl halides is 3. The second-order valence-electron chi connectivity index (χ2n) is 0.894. The SMILES string of the molecule is [O-]C(O)C(F)(F)F. The molecule has 1 N–H and O–H groups in total. The van der Waals surface area contributed by atoms with Crippen molar-refractivity contribution in [3.05, 3.63) is 0 Å². The Morgan fingerprint density at radius 3 is 1.57 bits per heavy atom. The standard InChI is InChI=1S/C2H2F3O2/c3-2(4,5)1(6)7/h1,6H/q-1. The lowest BCUT2D eigenvalue weighted by atomic mass is 10.6. The van der Waals surface area contributed by atoms with Gasteiger partial charge in [-0.1, -0.05) is 0 Å². The first-order valence-corrected chi connectivity index (χ1v) is 1.35. The van der Waals surface area contributed by atoms with Crippen LogP contribution in [0.25, 0.3) is 0 Å². The maximum atomic E-state index is 10.6. The summed E-state index contributed by atoms with van der Waals surface area (Å²) in [6.07, 6.45) is -8.45. The van der Waals surface area contributed by atoms with Crippen molar-refractivity contribution >= 4 is 0 Å². The largest absolute Gasteiger partial charge is 0.825 e. The normalized spacial score (nSPS) is 16.7. The van der Waals surface area contributed by atoms with Crippen molar-refractivity contribution in [2.24, 2.45) is 0 Å². The zero-order valence-electron chi connectivity index (χ0n) is 3.07. The molecule has 0 radical (unpaired) electrons. The second-order valence-corrected chi connectivity index (χ2v) is 0.894. The molecule has 0 rings (SSSR count). The zero-order chi connectivity index (χ0) is 6.08. The minimum Gasteiger partial charge on any atom is -0.825 e. The van der Waals surface area contributed by atoms with Crippen LogP contribution in [0.4, 0.5) is 13.2 Å². The molecule has 1 unspecified atom stereocenters. The van der Waals surface area contributed by atoms with E-state index in [-0.39, 0.29) is 0 Å². The van der Waals surface area contributed by atoms with Crippen LogP contribution in [0.1, 0.15) is 0 Å². The van der Waals surface area contributed by atoms with E-state index < -0.39 is 12.5 Å². The molecular formula is C2H2F3O2-. The summed E-state index contributed by atoms with van der Waals surface area (Å²) in [5, 5.41) is 16.2. The van der Waals surface area contributed by atoms with Gasteiger partial charge in [-0.2, -0.15) is 13.2 Å². The van der Waals surface area contributed by atoms with Crippen LogP contribution in [-0.2, 0) is 0 Å². The predicted octanol–water partition coefficient (Wildman–Crippen LogP) is -0.773. The molecule has 44 valence electrons. The molecule has 0 spiro atoms. The molecule has 0 heterocycles. The van der Waals surface area contributed by atoms with Crippen LogP contribution in [0.5, 0.6) is 0 Å². The molecule has 0 aliphatic carbocycles. The van der Waals surface area contributed by atoms with Crippen LogP contribution < -0.4 is 5.11 Å². The highest BCUT2D eigenvalue weighted by atomic mass is 19.4. The Bertz CT molecular complexity index is 56.4. The van der Waals surface area contributed by atoms with E-state index in [9.17, 15) is 13.2 Å². The van der Waals surface area contributed by atoms with Crippen molar-refractivity contribution in [2.45, 2.75) is 12.5 Å². The van der Waals surface area contributed by atoms with Gasteiger partial charge in [0.1, 0.15) is 0 Å². The van der Waals surface area contributed by atoms with Gasteiger partial charge in [-0.05, 0) is 0 Å². The van der Waals surface area contributed by atoms with Crippen LogP contribution in [0.2, 0.25) is 0 Å². The monoisotopic (exact) mass is 115 g/mol. The molecule has 0 saturated heterocycles. The summed E-state index contributed by atoms with van der Waals surface area (Å²) in [7, 11) is 0. The summed E-state index contributed by atoms with van der Waals surface area (Å²) in [4.78, 5) is 0. The van der Waals surface area contributed by atoms with Crippen LogP contribution in [0.15, 0.2) is 0 Å². The van der Waals surface area contributed by atoms with Crippen LogP contribution in [0, 0.1) is 0 Å². The molecule has 0 aliphatic rings. The first kappa shape index (κ1) is 6.71. The first-order valence-electron chi connectivity index (χ1n) is 1.35. The maximum absolute atomic E-state index is 10.6. The summed E-state index contributed by atoms with van der Waals surface area (Å²) in [5.74, 6) is 0. The molecule has 2 nitrogen and oxygen atoms in total. The van der Waals surface area contributed by atoms with E-state index in [4.69, 9.17) is 10.2 Å². The van der Waals surface area contributed by atoms with Gasteiger partial charge in [0.25, 0.3) is 0 Å². The molecule has 0 aromatic rings. The summed E-state index contributed by atoms with van der Waals surface area (Å²) in [6, 6.07) is 0. The molecular weight excluding hydrogens is 113 g/mol. The lowest BCUT2D eigenvalue weighted by Gasteiger charge is -2.17. The Morgan fingerprint density at radius 2 is 1.57 bits per heavy atom. The molecule has 0 amide bonds. The molecule has 0 fully saturated rings. The van der Waals surface area contributed by atoms with Gasteiger partial charge < -0.3 is 10.2 Å². The summed E-state index contributed by atoms with van der Waals surface area (Å²) in [6.45, 7) is 0. The summed E-state index contributed by atoms with van der Waals surface area (Å²) < 4.78 is 31.8. The number of hydrogen-bond acceptors (Lipinski definition) is 2. The molecule has 0 aromatic carbocycles. The summed E-state index contributed by atoms with van der Waals surface area (Å²) in [5.41, 5.74) is 0. The molecule has 0 saturated carbocycles. The van der Waals surface area contributed by atoms with Crippen molar-refractivity contribution in [2.75, 3.05) is 0 Å². The molecule has 7 heavy (non-hydrogen) atoms. The predicted molar refractivity (Wildman–Crippen MR) is 12.1 cm³/mol. The Hall–Kier alpha value is -0.290. The Morgan fingerprint density at radius 1 is 1.43 bits per heavy atom. The minimum absolute atomic E-state index is 3.45. The van der Waals surface area contributed by atoms with Crippen molar-refractivity contribution < 1.29 is 23.4 Å². The smallest absolute Gasteiger partial charge is 0.399 e. The van der Waals surface area contributed by atoms with Gasteiger partial charge in [0.2, 0.25) is 0 Å². The van der Waals surface area contributed by atoms with Crippen molar-refractivity contribution in [3.8, 4) is 0 Å². The van der Waals surface area contributed by atoms with Crippen LogP contribution in [0.3, 0.4) is 0 Å². The maximum Gasteiger partial charge on any atom is 0.399 e. The summed E-state index contributed by atoms with van der Waals surface area (Å²) >= 11 is 0. The van der Waals surface area contributed by atoms with E-state index in [1.165, 1.54) is 0 Å². The van der Waals surface area contributed by atoms with Crippen LogP contribution >= 0.6 is 0 Å². The lowest BCUT2D eigenvalue weighted by molar-refractivity contribution is -0.540. The molecule has 0 bridgehead atoms. The Labute approximate surface area is 37.2 Å². The van der Waals surface area contributed by atoms with E-state index in [0.29, 0.717) is 0 Å². The molecule has 0 aromatic heterocycles. The van der Waals surface area contributed by atoms with E-state index in [0.717, 1.165) is 0 Å². The van der Waals surface area contributed by atoms with Gasteiger partial charge in [0.05, 0.1) is 6.29 Å². The average Bonchev–Trinajstić information content (AvgIpc) is 1.31. The number of hydrogen-bond donors (Lipinski definition) is 1. The van der Waals surface area contributed by atoms with Gasteiger partial charge >= 0.3 is 6.18 Å². The Balaban J connectivity index is 3.54. The quantitative estimate of drug-likeness (QED) is 0.421. The highest BCUT2D eigenvalue weighted by molar-refractivity contribution is 4.45. The van der Waals surface area contributed by atoms with E-state index in [1.807, 2.05) is 0 Å². The second kappa shape index (κ2) is 1.67. The third-order valence-corrected chi connectivity index (χ3v) is 0.280. The van der Waals surface area contributed by atoms with Gasteiger partial charge in [-0.25, -0.2) is 0 Å². The van der Waals surface area contributed by atoms with E-state index in [2.05, 4.69) is 0 Å². The van der Waals surface area contributed by atoms with Crippen molar-refractivity contribution in [1.82, 2.24) is 0 Å². The minimum atomic E-state index is -5.00.